The van der Waals surface area contributed by atoms with E-state index >= 15 is 0 Å². The van der Waals surface area contributed by atoms with Crippen LogP contribution < -0.4 is 11.5 Å². The van der Waals surface area contributed by atoms with Gasteiger partial charge in [-0.2, -0.15) is 0 Å². The van der Waals surface area contributed by atoms with E-state index in [1.54, 1.807) is 6.92 Å². The summed E-state index contributed by atoms with van der Waals surface area (Å²) in [5, 5.41) is 1.38. The fourth-order valence-corrected chi connectivity index (χ4v) is 2.72. The molecule has 22 heavy (non-hydrogen) atoms. The van der Waals surface area contributed by atoms with Gasteiger partial charge in [-0.15, -0.1) is 24.8 Å². The summed E-state index contributed by atoms with van der Waals surface area (Å²) in [6, 6.07) is 5.68. The quantitative estimate of drug-likeness (QED) is 0.386. The normalized spacial score (nSPS) is 12.3. The summed E-state index contributed by atoms with van der Waals surface area (Å²) >= 11 is 12.4. The Morgan fingerprint density at radius 3 is 2.23 bits per heavy atom. The highest BCUT2D eigenvalue weighted by atomic mass is 35.5. The summed E-state index contributed by atoms with van der Waals surface area (Å²) in [5.41, 5.74) is 12.2. The minimum absolute atomic E-state index is 0. The number of hydrogen-bond acceptors (Lipinski definition) is 2. The number of hydrogen-bond donors (Lipinski definition) is 2. The van der Waals surface area contributed by atoms with Gasteiger partial charge >= 0.3 is 0 Å². The SMILES string of the molecule is CC(N)=NC(CCCCCN)Cc1c(Cl)cccc1Cl.Cl.Cl. The molecule has 1 rings (SSSR count). The van der Waals surface area contributed by atoms with Crippen LogP contribution in [0.3, 0.4) is 0 Å². The maximum Gasteiger partial charge on any atom is 0.0909 e. The van der Waals surface area contributed by atoms with Crippen molar-refractivity contribution >= 4 is 53.9 Å². The lowest BCUT2D eigenvalue weighted by Gasteiger charge is -2.15. The molecule has 0 radical (unpaired) electrons. The molecular weight excluding hydrogens is 364 g/mol. The second-order valence-electron chi connectivity index (χ2n) is 4.97. The lowest BCUT2D eigenvalue weighted by molar-refractivity contribution is 0.553. The standard InChI is InChI=1S/C15H23Cl2N3.2ClH/c1-11(19)20-12(6-3-2-4-9-18)10-13-14(16)7-5-8-15(13)17;;/h5,7-8,12H,2-4,6,9-10,18H2,1H3,(H2,19,20);2*1H. The van der Waals surface area contributed by atoms with Crippen molar-refractivity contribution in [2.45, 2.75) is 45.1 Å². The molecule has 1 atom stereocenters. The first-order valence-corrected chi connectivity index (χ1v) is 7.73. The molecule has 1 unspecified atom stereocenters. The Morgan fingerprint density at radius 2 is 1.73 bits per heavy atom. The Balaban J connectivity index is 0. The maximum atomic E-state index is 6.21. The van der Waals surface area contributed by atoms with Crippen LogP contribution in [0.2, 0.25) is 10.0 Å². The number of unbranched alkanes of at least 4 members (excludes halogenated alkanes) is 2. The minimum atomic E-state index is 0. The summed E-state index contributed by atoms with van der Waals surface area (Å²) in [7, 11) is 0. The molecule has 0 bridgehead atoms. The Morgan fingerprint density at radius 1 is 1.14 bits per heavy atom. The van der Waals surface area contributed by atoms with Gasteiger partial charge in [0.1, 0.15) is 0 Å². The van der Waals surface area contributed by atoms with Gasteiger partial charge < -0.3 is 11.5 Å². The number of benzene rings is 1. The highest BCUT2D eigenvalue weighted by Gasteiger charge is 2.13. The maximum absolute atomic E-state index is 6.21. The minimum Gasteiger partial charge on any atom is -0.388 e. The van der Waals surface area contributed by atoms with Gasteiger partial charge in [0.25, 0.3) is 0 Å². The topological polar surface area (TPSA) is 64.4 Å². The third-order valence-corrected chi connectivity index (χ3v) is 3.84. The van der Waals surface area contributed by atoms with Gasteiger partial charge in [-0.05, 0) is 50.4 Å². The van der Waals surface area contributed by atoms with Crippen LogP contribution in [0.5, 0.6) is 0 Å². The highest BCUT2D eigenvalue weighted by Crippen LogP contribution is 2.27. The molecule has 128 valence electrons. The van der Waals surface area contributed by atoms with E-state index in [0.717, 1.165) is 44.2 Å². The first-order valence-electron chi connectivity index (χ1n) is 6.97. The van der Waals surface area contributed by atoms with Crippen molar-refractivity contribution in [3.63, 3.8) is 0 Å². The van der Waals surface area contributed by atoms with Crippen LogP contribution in [-0.2, 0) is 6.42 Å². The first-order chi connectivity index (χ1) is 9.54. The monoisotopic (exact) mass is 387 g/mol. The molecule has 0 aliphatic carbocycles. The highest BCUT2D eigenvalue weighted by molar-refractivity contribution is 6.36. The lowest BCUT2D eigenvalue weighted by Crippen LogP contribution is -2.16. The number of halogens is 4. The number of nitrogens with two attached hydrogens (primary N) is 2. The number of amidine groups is 1. The van der Waals surface area contributed by atoms with E-state index in [-0.39, 0.29) is 30.9 Å². The Labute approximate surface area is 155 Å². The zero-order valence-electron chi connectivity index (χ0n) is 12.7. The Hall–Kier alpha value is -0.190. The molecule has 0 heterocycles. The smallest absolute Gasteiger partial charge is 0.0909 e. The zero-order chi connectivity index (χ0) is 15.0. The van der Waals surface area contributed by atoms with E-state index in [0.29, 0.717) is 15.9 Å². The molecule has 0 fully saturated rings. The molecule has 0 saturated heterocycles. The van der Waals surface area contributed by atoms with Crippen molar-refractivity contribution in [3.8, 4) is 0 Å². The summed E-state index contributed by atoms with van der Waals surface area (Å²) in [4.78, 5) is 4.50. The largest absolute Gasteiger partial charge is 0.388 e. The molecular formula is C15H25Cl4N3. The van der Waals surface area contributed by atoms with E-state index in [2.05, 4.69) is 4.99 Å². The van der Waals surface area contributed by atoms with Gasteiger partial charge in [-0.25, -0.2) is 0 Å². The Kier molecular flexibility index (Phi) is 14.5. The van der Waals surface area contributed by atoms with Crippen molar-refractivity contribution in [2.75, 3.05) is 6.54 Å². The van der Waals surface area contributed by atoms with E-state index < -0.39 is 0 Å². The van der Waals surface area contributed by atoms with Crippen molar-refractivity contribution < 1.29 is 0 Å². The van der Waals surface area contributed by atoms with E-state index in [1.165, 1.54) is 0 Å². The van der Waals surface area contributed by atoms with Gasteiger partial charge in [-0.3, -0.25) is 4.99 Å². The fourth-order valence-electron chi connectivity index (χ4n) is 2.16. The molecule has 0 spiro atoms. The summed E-state index contributed by atoms with van der Waals surface area (Å²) < 4.78 is 0. The molecule has 0 saturated carbocycles. The Bertz CT molecular complexity index is 428. The van der Waals surface area contributed by atoms with Crippen molar-refractivity contribution in [3.05, 3.63) is 33.8 Å². The van der Waals surface area contributed by atoms with E-state index in [1.807, 2.05) is 18.2 Å². The van der Waals surface area contributed by atoms with Crippen LogP contribution >= 0.6 is 48.0 Å². The van der Waals surface area contributed by atoms with Gasteiger partial charge in [0, 0.05) is 10.0 Å². The van der Waals surface area contributed by atoms with Crippen LogP contribution in [-0.4, -0.2) is 18.4 Å². The number of nitrogens with zero attached hydrogens (tertiary/aromatic N) is 1. The second kappa shape index (κ2) is 13.3. The molecule has 0 aromatic heterocycles. The van der Waals surface area contributed by atoms with Gasteiger partial charge in [0.2, 0.25) is 0 Å². The molecule has 1 aromatic rings. The van der Waals surface area contributed by atoms with Crippen molar-refractivity contribution in [1.82, 2.24) is 0 Å². The first kappa shape index (κ1) is 24.1. The van der Waals surface area contributed by atoms with Crippen LogP contribution in [0, 0.1) is 0 Å². The molecule has 4 N–H and O–H groups in total. The predicted octanol–water partition coefficient (Wildman–Crippen LogP) is 4.64. The van der Waals surface area contributed by atoms with Crippen LogP contribution in [0.1, 0.15) is 38.2 Å². The summed E-state index contributed by atoms with van der Waals surface area (Å²) in [6.07, 6.45) is 4.93. The lowest BCUT2D eigenvalue weighted by atomic mass is 10.0. The predicted molar refractivity (Wildman–Crippen MR) is 103 cm³/mol. The third kappa shape index (κ3) is 9.06. The van der Waals surface area contributed by atoms with E-state index in [4.69, 9.17) is 34.7 Å². The van der Waals surface area contributed by atoms with Gasteiger partial charge in [0.05, 0.1) is 11.9 Å². The van der Waals surface area contributed by atoms with Crippen LogP contribution in [0.25, 0.3) is 0 Å². The number of aliphatic imine (C=N–C) groups is 1. The fraction of sp³-hybridized carbons (Fsp3) is 0.533. The number of rotatable bonds is 8. The van der Waals surface area contributed by atoms with E-state index in [9.17, 15) is 0 Å². The summed E-state index contributed by atoms with van der Waals surface area (Å²) in [5.74, 6) is 0.594. The van der Waals surface area contributed by atoms with Gasteiger partial charge in [-0.1, -0.05) is 42.1 Å². The van der Waals surface area contributed by atoms with Crippen molar-refractivity contribution in [2.24, 2.45) is 16.5 Å². The average molecular weight is 389 g/mol. The third-order valence-electron chi connectivity index (χ3n) is 3.13. The molecule has 3 nitrogen and oxygen atoms in total. The average Bonchev–Trinajstić information content (AvgIpc) is 2.38. The molecule has 0 amide bonds. The molecule has 0 aliphatic heterocycles. The van der Waals surface area contributed by atoms with Crippen LogP contribution in [0.4, 0.5) is 0 Å². The van der Waals surface area contributed by atoms with Gasteiger partial charge in [0.15, 0.2) is 0 Å². The van der Waals surface area contributed by atoms with Crippen LogP contribution in [0.15, 0.2) is 23.2 Å². The molecule has 0 aliphatic rings. The second-order valence-corrected chi connectivity index (χ2v) is 5.78. The molecule has 1 aromatic carbocycles. The van der Waals surface area contributed by atoms with Crippen molar-refractivity contribution in [1.29, 1.82) is 0 Å². The summed E-state index contributed by atoms with van der Waals surface area (Å²) in [6.45, 7) is 2.54. The molecule has 7 heteroatoms. The zero-order valence-corrected chi connectivity index (χ0v) is 15.9.